The topological polar surface area (TPSA) is 114 Å². The van der Waals surface area contributed by atoms with Gasteiger partial charge in [-0.3, -0.25) is 19.6 Å². The van der Waals surface area contributed by atoms with Crippen molar-refractivity contribution in [1.29, 1.82) is 0 Å². The number of hydrogen-bond acceptors (Lipinski definition) is 7. The molecule has 1 aromatic carbocycles. The van der Waals surface area contributed by atoms with Crippen LogP contribution in [0.2, 0.25) is 5.02 Å². The van der Waals surface area contributed by atoms with Crippen molar-refractivity contribution in [3.05, 3.63) is 44.2 Å². The number of anilines is 2. The van der Waals surface area contributed by atoms with Crippen LogP contribution in [-0.2, 0) is 4.74 Å². The van der Waals surface area contributed by atoms with Crippen LogP contribution in [0.25, 0.3) is 0 Å². The van der Waals surface area contributed by atoms with Gasteiger partial charge in [-0.05, 0) is 24.6 Å². The van der Waals surface area contributed by atoms with E-state index < -0.39 is 5.56 Å². The molecule has 2 aromatic rings. The Morgan fingerprint density at radius 1 is 1.38 bits per heavy atom. The van der Waals surface area contributed by atoms with Gasteiger partial charge in [0.1, 0.15) is 11.4 Å². The average Bonchev–Trinajstić information content (AvgIpc) is 2.62. The summed E-state index contributed by atoms with van der Waals surface area (Å²) < 4.78 is 5.28. The van der Waals surface area contributed by atoms with Gasteiger partial charge in [0.15, 0.2) is 6.29 Å². The Morgan fingerprint density at radius 2 is 2.12 bits per heavy atom. The van der Waals surface area contributed by atoms with Crippen LogP contribution >= 0.6 is 11.6 Å². The summed E-state index contributed by atoms with van der Waals surface area (Å²) in [6.07, 6.45) is 1.98. The molecule has 0 radical (unpaired) electrons. The second-order valence-electron chi connectivity index (χ2n) is 5.82. The van der Waals surface area contributed by atoms with Gasteiger partial charge in [-0.1, -0.05) is 11.6 Å². The van der Waals surface area contributed by atoms with E-state index in [9.17, 15) is 9.59 Å². The summed E-state index contributed by atoms with van der Waals surface area (Å²) in [5, 5.41) is 0.442. The number of halogens is 1. The van der Waals surface area contributed by atoms with Crippen LogP contribution in [0.5, 0.6) is 0 Å². The van der Waals surface area contributed by atoms with Crippen molar-refractivity contribution in [3.63, 3.8) is 0 Å². The molecule has 9 heteroatoms. The Bertz CT molecular complexity index is 919. The van der Waals surface area contributed by atoms with Crippen LogP contribution in [0, 0.1) is 6.92 Å². The Morgan fingerprint density at radius 3 is 2.77 bits per heavy atom. The zero-order valence-electron chi connectivity index (χ0n) is 14.2. The lowest BCUT2D eigenvalue weighted by Crippen LogP contribution is -2.38. The highest BCUT2D eigenvalue weighted by atomic mass is 35.5. The maximum absolute atomic E-state index is 12.4. The fourth-order valence-corrected chi connectivity index (χ4v) is 2.98. The van der Waals surface area contributed by atoms with Crippen molar-refractivity contribution < 1.29 is 9.53 Å². The highest BCUT2D eigenvalue weighted by Crippen LogP contribution is 2.27. The van der Waals surface area contributed by atoms with E-state index in [-0.39, 0.29) is 11.4 Å². The van der Waals surface area contributed by atoms with E-state index in [0.717, 1.165) is 0 Å². The lowest BCUT2D eigenvalue weighted by atomic mass is 10.1. The van der Waals surface area contributed by atoms with Gasteiger partial charge >= 0.3 is 0 Å². The van der Waals surface area contributed by atoms with E-state index in [0.29, 0.717) is 60.4 Å². The number of aromatic nitrogens is 2. The van der Waals surface area contributed by atoms with E-state index in [2.05, 4.69) is 15.0 Å². The molecule has 1 aliphatic heterocycles. The van der Waals surface area contributed by atoms with Crippen LogP contribution < -0.4 is 16.2 Å². The number of nitrogens with zero attached hydrogens (tertiary/aromatic N) is 3. The number of aryl methyl sites for hydroxylation is 1. The first-order valence-electron chi connectivity index (χ1n) is 8.01. The zero-order valence-corrected chi connectivity index (χ0v) is 14.9. The van der Waals surface area contributed by atoms with Gasteiger partial charge in [0, 0.05) is 29.9 Å². The molecule has 3 N–H and O–H groups in total. The number of morpholine rings is 1. The number of ether oxygens (including phenoxy) is 1. The Kier molecular flexibility index (Phi) is 5.34. The molecule has 0 atom stereocenters. The zero-order chi connectivity index (χ0) is 18.7. The normalized spacial score (nSPS) is 14.8. The van der Waals surface area contributed by atoms with Gasteiger partial charge in [0.05, 0.1) is 18.9 Å². The number of carbonyl (C=O) groups excluding carboxylic acids is 1. The SMILES string of the molecule is Cc1cc(Cl)cc(C=O)c1N=Cc1c(N)nc(N2CCOCC2)[nH]c1=O. The van der Waals surface area contributed by atoms with Crippen LogP contribution in [0.3, 0.4) is 0 Å². The average molecular weight is 376 g/mol. The Hall–Kier alpha value is -2.71. The van der Waals surface area contributed by atoms with Crippen molar-refractivity contribution in [3.8, 4) is 0 Å². The van der Waals surface area contributed by atoms with Crippen LogP contribution in [0.1, 0.15) is 21.5 Å². The summed E-state index contributed by atoms with van der Waals surface area (Å²) in [4.78, 5) is 36.8. The summed E-state index contributed by atoms with van der Waals surface area (Å²) in [6.45, 7) is 4.16. The molecule has 1 aromatic heterocycles. The summed E-state index contributed by atoms with van der Waals surface area (Å²) >= 11 is 5.95. The standard InChI is InChI=1S/C17H18ClN5O3/c1-10-6-12(18)7-11(9-24)14(10)20-8-13-15(19)21-17(22-16(13)25)23-2-4-26-5-3-23/h6-9H,2-5H2,1H3,(H3,19,21,22,25). The third-order valence-electron chi connectivity index (χ3n) is 4.03. The fourth-order valence-electron chi connectivity index (χ4n) is 2.69. The molecule has 0 spiro atoms. The number of aldehydes is 1. The molecule has 136 valence electrons. The van der Waals surface area contributed by atoms with Gasteiger partial charge < -0.3 is 15.4 Å². The molecular formula is C17H18ClN5O3. The minimum Gasteiger partial charge on any atom is -0.383 e. The number of nitrogens with two attached hydrogens (primary N) is 1. The van der Waals surface area contributed by atoms with E-state index in [4.69, 9.17) is 22.1 Å². The fraction of sp³-hybridized carbons (Fsp3) is 0.294. The minimum absolute atomic E-state index is 0.0678. The molecule has 0 aliphatic carbocycles. The van der Waals surface area contributed by atoms with Crippen LogP contribution in [-0.4, -0.2) is 48.8 Å². The summed E-state index contributed by atoms with van der Waals surface area (Å²) in [5.41, 5.74) is 7.16. The number of benzene rings is 1. The van der Waals surface area contributed by atoms with Crippen molar-refractivity contribution in [2.75, 3.05) is 36.9 Å². The number of nitrogen functional groups attached to an aromatic ring is 1. The molecule has 0 bridgehead atoms. The highest BCUT2D eigenvalue weighted by Gasteiger charge is 2.16. The minimum atomic E-state index is -0.401. The first kappa shape index (κ1) is 18.1. The first-order chi connectivity index (χ1) is 12.5. The monoisotopic (exact) mass is 375 g/mol. The maximum atomic E-state index is 12.4. The number of hydrogen-bond donors (Lipinski definition) is 2. The smallest absolute Gasteiger partial charge is 0.263 e. The number of aliphatic imine (C=N–C) groups is 1. The molecule has 8 nitrogen and oxygen atoms in total. The molecule has 1 saturated heterocycles. The van der Waals surface area contributed by atoms with Gasteiger partial charge in [0.25, 0.3) is 5.56 Å². The second kappa shape index (κ2) is 7.67. The lowest BCUT2D eigenvalue weighted by molar-refractivity contribution is 0.112. The molecule has 0 saturated carbocycles. The summed E-state index contributed by atoms with van der Waals surface area (Å²) in [7, 11) is 0. The van der Waals surface area contributed by atoms with Gasteiger partial charge in [0.2, 0.25) is 5.95 Å². The number of carbonyl (C=O) groups is 1. The van der Waals surface area contributed by atoms with Crippen molar-refractivity contribution >= 4 is 41.6 Å². The predicted molar refractivity (Wildman–Crippen MR) is 101 cm³/mol. The molecule has 1 fully saturated rings. The van der Waals surface area contributed by atoms with Gasteiger partial charge in [-0.15, -0.1) is 0 Å². The van der Waals surface area contributed by atoms with Gasteiger partial charge in [-0.25, -0.2) is 0 Å². The third kappa shape index (κ3) is 3.76. The van der Waals surface area contributed by atoms with E-state index in [1.54, 1.807) is 13.0 Å². The van der Waals surface area contributed by atoms with E-state index in [1.807, 2.05) is 4.90 Å². The molecule has 26 heavy (non-hydrogen) atoms. The molecule has 2 heterocycles. The quantitative estimate of drug-likeness (QED) is 0.621. The van der Waals surface area contributed by atoms with Crippen molar-refractivity contribution in [2.24, 2.45) is 4.99 Å². The highest BCUT2D eigenvalue weighted by molar-refractivity contribution is 6.31. The van der Waals surface area contributed by atoms with Crippen molar-refractivity contribution in [2.45, 2.75) is 6.92 Å². The molecule has 0 unspecified atom stereocenters. The largest absolute Gasteiger partial charge is 0.383 e. The second-order valence-corrected chi connectivity index (χ2v) is 6.26. The molecule has 0 amide bonds. The van der Waals surface area contributed by atoms with Crippen LogP contribution in [0.15, 0.2) is 21.9 Å². The van der Waals surface area contributed by atoms with Gasteiger partial charge in [-0.2, -0.15) is 4.98 Å². The number of nitrogens with one attached hydrogen (secondary N) is 1. The summed E-state index contributed by atoms with van der Waals surface area (Å²) in [6, 6.07) is 3.20. The lowest BCUT2D eigenvalue weighted by Gasteiger charge is -2.27. The number of aromatic amines is 1. The third-order valence-corrected chi connectivity index (χ3v) is 4.25. The molecular weight excluding hydrogens is 358 g/mol. The maximum Gasteiger partial charge on any atom is 0.263 e. The summed E-state index contributed by atoms with van der Waals surface area (Å²) in [5.74, 6) is 0.475. The predicted octanol–water partition coefficient (Wildman–Crippen LogP) is 1.71. The van der Waals surface area contributed by atoms with Crippen molar-refractivity contribution in [1.82, 2.24) is 9.97 Å². The first-order valence-corrected chi connectivity index (χ1v) is 8.39. The van der Waals surface area contributed by atoms with E-state index >= 15 is 0 Å². The number of H-pyrrole nitrogens is 1. The van der Waals surface area contributed by atoms with Crippen LogP contribution in [0.4, 0.5) is 17.5 Å². The van der Waals surface area contributed by atoms with E-state index in [1.165, 1.54) is 12.3 Å². The molecule has 3 rings (SSSR count). The number of rotatable bonds is 4. The Labute approximate surface area is 154 Å². The molecule has 1 aliphatic rings. The Balaban J connectivity index is 1.95.